The molecule has 144 valence electrons. The largest absolute Gasteiger partial charge is 0.459 e. The first kappa shape index (κ1) is 19.3. The number of amidine groups is 1. The molecule has 1 atom stereocenters. The van der Waals surface area contributed by atoms with E-state index in [0.717, 1.165) is 25.1 Å². The van der Waals surface area contributed by atoms with E-state index in [-0.39, 0.29) is 17.0 Å². The highest BCUT2D eigenvalue weighted by Crippen LogP contribution is 2.43. The molecule has 28 heavy (non-hydrogen) atoms. The molecular weight excluding hydrogens is 378 g/mol. The van der Waals surface area contributed by atoms with Crippen molar-refractivity contribution in [3.8, 4) is 6.07 Å². The summed E-state index contributed by atoms with van der Waals surface area (Å²) in [5.74, 6) is -5.49. The molecule has 0 amide bonds. The standard InChI is InChI=1S/C18H13F4N5O/c1-17(18(21,22)9-28-16(24)27-17)15-12(19)4-3-11(26-15)6-13(20)14-5-2-10(7-23)8-25-14/h2-6,8H,9H2,1H3,(H2,24,27)/b13-6-/t17-/m1/s1. The highest BCUT2D eigenvalue weighted by atomic mass is 19.3. The van der Waals surface area contributed by atoms with Crippen molar-refractivity contribution >= 4 is 17.9 Å². The van der Waals surface area contributed by atoms with E-state index in [1.165, 1.54) is 18.3 Å². The zero-order valence-corrected chi connectivity index (χ0v) is 14.5. The van der Waals surface area contributed by atoms with Gasteiger partial charge in [0.2, 0.25) is 0 Å². The molecule has 0 aromatic carbocycles. The molecule has 2 aromatic heterocycles. The Labute approximate surface area is 157 Å². The summed E-state index contributed by atoms with van der Waals surface area (Å²) in [4.78, 5) is 11.2. The Kier molecular flexibility index (Phi) is 4.77. The molecule has 1 aliphatic heterocycles. The Morgan fingerprint density at radius 2 is 2.07 bits per heavy atom. The molecule has 2 aromatic rings. The first-order valence-corrected chi connectivity index (χ1v) is 7.93. The SMILES string of the molecule is C[C@]1(c2nc(/C=C(\F)c3ccc(C#N)cn3)ccc2F)N=C(N)OCC1(F)F. The molecule has 1 aliphatic rings. The smallest absolute Gasteiger partial charge is 0.311 e. The average Bonchev–Trinajstić information content (AvgIpc) is 2.66. The third-order valence-corrected chi connectivity index (χ3v) is 4.19. The number of hydrogen-bond donors (Lipinski definition) is 1. The third kappa shape index (κ3) is 3.38. The minimum Gasteiger partial charge on any atom is -0.459 e. The molecule has 2 N–H and O–H groups in total. The first-order valence-electron chi connectivity index (χ1n) is 7.93. The van der Waals surface area contributed by atoms with Crippen molar-refractivity contribution in [1.29, 1.82) is 5.26 Å². The number of aliphatic imine (C=N–C) groups is 1. The summed E-state index contributed by atoms with van der Waals surface area (Å²) in [5, 5.41) is 8.73. The van der Waals surface area contributed by atoms with Gasteiger partial charge in [-0.25, -0.2) is 18.8 Å². The first-order chi connectivity index (χ1) is 13.2. The maximum Gasteiger partial charge on any atom is 0.311 e. The Morgan fingerprint density at radius 1 is 1.32 bits per heavy atom. The van der Waals surface area contributed by atoms with Crippen molar-refractivity contribution in [1.82, 2.24) is 9.97 Å². The number of nitrogens with zero attached hydrogens (tertiary/aromatic N) is 4. The zero-order valence-electron chi connectivity index (χ0n) is 14.5. The van der Waals surface area contributed by atoms with Crippen molar-refractivity contribution in [2.45, 2.75) is 18.4 Å². The van der Waals surface area contributed by atoms with Crippen LogP contribution in [0.3, 0.4) is 0 Å². The summed E-state index contributed by atoms with van der Waals surface area (Å²) in [6.07, 6.45) is 2.08. The van der Waals surface area contributed by atoms with Gasteiger partial charge in [0, 0.05) is 12.3 Å². The number of alkyl halides is 2. The van der Waals surface area contributed by atoms with E-state index < -0.39 is 41.4 Å². The van der Waals surface area contributed by atoms with Crippen LogP contribution < -0.4 is 5.73 Å². The second kappa shape index (κ2) is 6.92. The predicted molar refractivity (Wildman–Crippen MR) is 92.0 cm³/mol. The molecule has 0 spiro atoms. The van der Waals surface area contributed by atoms with Crippen molar-refractivity contribution in [3.05, 3.63) is 58.9 Å². The van der Waals surface area contributed by atoms with Gasteiger partial charge in [0.15, 0.2) is 18.0 Å². The van der Waals surface area contributed by atoms with E-state index in [0.29, 0.717) is 0 Å². The minimum absolute atomic E-state index is 0.100. The lowest BCUT2D eigenvalue weighted by Gasteiger charge is -2.36. The molecule has 0 aliphatic carbocycles. The number of hydrogen-bond acceptors (Lipinski definition) is 6. The molecule has 0 radical (unpaired) electrons. The second-order valence-electron chi connectivity index (χ2n) is 6.12. The topological polar surface area (TPSA) is 97.2 Å². The molecule has 0 unspecified atom stereocenters. The number of nitriles is 1. The summed E-state index contributed by atoms with van der Waals surface area (Å²) in [7, 11) is 0. The number of pyridine rings is 2. The van der Waals surface area contributed by atoms with Crippen LogP contribution in [0.5, 0.6) is 0 Å². The van der Waals surface area contributed by atoms with Crippen LogP contribution in [0.25, 0.3) is 11.9 Å². The third-order valence-electron chi connectivity index (χ3n) is 4.19. The van der Waals surface area contributed by atoms with Gasteiger partial charge >= 0.3 is 5.92 Å². The van der Waals surface area contributed by atoms with Gasteiger partial charge in [-0.15, -0.1) is 0 Å². The van der Waals surface area contributed by atoms with Gasteiger partial charge in [-0.1, -0.05) is 0 Å². The zero-order chi connectivity index (χ0) is 20.5. The monoisotopic (exact) mass is 391 g/mol. The Hall–Kier alpha value is -3.48. The van der Waals surface area contributed by atoms with Crippen LogP contribution >= 0.6 is 0 Å². The van der Waals surface area contributed by atoms with Crippen LogP contribution in [-0.2, 0) is 10.3 Å². The van der Waals surface area contributed by atoms with E-state index in [1.54, 1.807) is 0 Å². The molecule has 6 nitrogen and oxygen atoms in total. The van der Waals surface area contributed by atoms with Gasteiger partial charge < -0.3 is 10.5 Å². The average molecular weight is 391 g/mol. The quantitative estimate of drug-likeness (QED) is 0.811. The van der Waals surface area contributed by atoms with Crippen molar-refractivity contribution in [3.63, 3.8) is 0 Å². The van der Waals surface area contributed by atoms with E-state index >= 15 is 0 Å². The summed E-state index contributed by atoms with van der Waals surface area (Å²) in [6.45, 7) is -0.122. The summed E-state index contributed by atoms with van der Waals surface area (Å²) >= 11 is 0. The van der Waals surface area contributed by atoms with Crippen LogP contribution in [0.15, 0.2) is 35.5 Å². The molecule has 0 saturated carbocycles. The minimum atomic E-state index is -3.60. The highest BCUT2D eigenvalue weighted by Gasteiger charge is 2.57. The molecule has 3 heterocycles. The van der Waals surface area contributed by atoms with Crippen LogP contribution in [0.2, 0.25) is 0 Å². The number of ether oxygens (including phenoxy) is 1. The number of rotatable bonds is 3. The van der Waals surface area contributed by atoms with Gasteiger partial charge in [0.1, 0.15) is 17.6 Å². The predicted octanol–water partition coefficient (Wildman–Crippen LogP) is 3.15. The van der Waals surface area contributed by atoms with Crippen molar-refractivity contribution in [2.24, 2.45) is 10.7 Å². The van der Waals surface area contributed by atoms with E-state index in [1.807, 2.05) is 6.07 Å². The maximum absolute atomic E-state index is 14.4. The van der Waals surface area contributed by atoms with Crippen molar-refractivity contribution < 1.29 is 22.3 Å². The Morgan fingerprint density at radius 3 is 2.71 bits per heavy atom. The lowest BCUT2D eigenvalue weighted by molar-refractivity contribution is -0.118. The van der Waals surface area contributed by atoms with Crippen LogP contribution in [0.4, 0.5) is 17.6 Å². The fraction of sp³-hybridized carbons (Fsp3) is 0.222. The molecule has 3 rings (SSSR count). The lowest BCUT2D eigenvalue weighted by Crippen LogP contribution is -2.51. The van der Waals surface area contributed by atoms with Crippen LogP contribution in [-0.4, -0.2) is 28.5 Å². The van der Waals surface area contributed by atoms with Gasteiger partial charge in [-0.3, -0.25) is 4.98 Å². The lowest BCUT2D eigenvalue weighted by atomic mass is 9.89. The fourth-order valence-corrected chi connectivity index (χ4v) is 2.55. The molecule has 10 heteroatoms. The van der Waals surface area contributed by atoms with Gasteiger partial charge in [-0.05, 0) is 31.2 Å². The molecule has 0 fully saturated rings. The Bertz CT molecular complexity index is 1010. The summed E-state index contributed by atoms with van der Waals surface area (Å²) in [6, 6.07) is 5.96. The molecular formula is C18H13F4N5O. The van der Waals surface area contributed by atoms with Crippen LogP contribution in [0, 0.1) is 17.1 Å². The van der Waals surface area contributed by atoms with E-state index in [4.69, 9.17) is 11.0 Å². The summed E-state index contributed by atoms with van der Waals surface area (Å²) in [5.41, 5.74) is 2.27. The van der Waals surface area contributed by atoms with Gasteiger partial charge in [0.25, 0.3) is 6.02 Å². The number of halogens is 4. The number of nitrogens with two attached hydrogens (primary N) is 1. The van der Waals surface area contributed by atoms with Crippen LogP contribution in [0.1, 0.15) is 29.6 Å². The van der Waals surface area contributed by atoms with Gasteiger partial charge in [-0.2, -0.15) is 14.0 Å². The van der Waals surface area contributed by atoms with E-state index in [2.05, 4.69) is 19.7 Å². The molecule has 0 saturated heterocycles. The second-order valence-corrected chi connectivity index (χ2v) is 6.12. The Balaban J connectivity index is 2.04. The normalized spacial score (nSPS) is 21.4. The fourth-order valence-electron chi connectivity index (χ4n) is 2.55. The number of aromatic nitrogens is 2. The van der Waals surface area contributed by atoms with Gasteiger partial charge in [0.05, 0.1) is 17.0 Å². The van der Waals surface area contributed by atoms with Crippen molar-refractivity contribution in [2.75, 3.05) is 6.61 Å². The summed E-state index contributed by atoms with van der Waals surface area (Å²) < 4.78 is 62.1. The molecule has 0 bridgehead atoms. The van der Waals surface area contributed by atoms with E-state index in [9.17, 15) is 17.6 Å². The maximum atomic E-state index is 14.4. The highest BCUT2D eigenvalue weighted by molar-refractivity contribution is 5.74.